The molecular formula is C20H24N4O5S. The molecule has 0 spiro atoms. The molecule has 0 bridgehead atoms. The lowest BCUT2D eigenvalue weighted by molar-refractivity contribution is 0.0730. The van der Waals surface area contributed by atoms with Gasteiger partial charge in [-0.2, -0.15) is 9.40 Å². The summed E-state index contributed by atoms with van der Waals surface area (Å²) in [4.78, 5) is 25.0. The van der Waals surface area contributed by atoms with Crippen LogP contribution in [-0.4, -0.2) is 61.6 Å². The second-order valence-electron chi connectivity index (χ2n) is 6.62. The minimum absolute atomic E-state index is 0.163. The fourth-order valence-corrected chi connectivity index (χ4v) is 4.48. The van der Waals surface area contributed by atoms with Crippen LogP contribution < -0.4 is 10.7 Å². The minimum Gasteiger partial charge on any atom is -0.394 e. The highest BCUT2D eigenvalue weighted by Crippen LogP contribution is 2.19. The fraction of sp³-hybridized carbons (Fsp3) is 0.350. The Labute approximate surface area is 175 Å². The van der Waals surface area contributed by atoms with E-state index < -0.39 is 21.2 Å². The third-order valence-corrected chi connectivity index (χ3v) is 6.64. The van der Waals surface area contributed by atoms with Crippen LogP contribution in [0.3, 0.4) is 0 Å². The first-order chi connectivity index (χ1) is 14.4. The molecule has 2 heterocycles. The van der Waals surface area contributed by atoms with Gasteiger partial charge in [0, 0.05) is 44.2 Å². The number of morpholine rings is 1. The first kappa shape index (κ1) is 21.9. The SMILES string of the molecule is CC/C(=C\NC)C(=O)c1nn(-c2ccc(S(=O)(=O)N3CCOCC3)cc2)ccc1=O. The molecule has 2 aromatic rings. The monoisotopic (exact) mass is 432 g/mol. The topological polar surface area (TPSA) is 111 Å². The van der Waals surface area contributed by atoms with E-state index in [9.17, 15) is 18.0 Å². The lowest BCUT2D eigenvalue weighted by Crippen LogP contribution is -2.40. The van der Waals surface area contributed by atoms with Gasteiger partial charge in [-0.3, -0.25) is 9.59 Å². The van der Waals surface area contributed by atoms with Crippen LogP contribution in [0, 0.1) is 0 Å². The fourth-order valence-electron chi connectivity index (χ4n) is 3.07. The van der Waals surface area contributed by atoms with E-state index in [1.54, 1.807) is 25.4 Å². The molecule has 30 heavy (non-hydrogen) atoms. The molecule has 1 saturated heterocycles. The average Bonchev–Trinajstić information content (AvgIpc) is 2.78. The smallest absolute Gasteiger partial charge is 0.243 e. The summed E-state index contributed by atoms with van der Waals surface area (Å²) in [5.41, 5.74) is 0.302. The largest absolute Gasteiger partial charge is 0.394 e. The number of carbonyl (C=O) groups is 1. The molecule has 1 aliphatic rings. The van der Waals surface area contributed by atoms with Gasteiger partial charge in [-0.05, 0) is 30.7 Å². The highest BCUT2D eigenvalue weighted by Gasteiger charge is 2.26. The number of hydrogen-bond donors (Lipinski definition) is 1. The average molecular weight is 433 g/mol. The summed E-state index contributed by atoms with van der Waals surface area (Å²) in [7, 11) is -1.93. The molecule has 0 aliphatic carbocycles. The van der Waals surface area contributed by atoms with E-state index in [-0.39, 0.29) is 10.6 Å². The second-order valence-corrected chi connectivity index (χ2v) is 8.56. The molecule has 160 valence electrons. The summed E-state index contributed by atoms with van der Waals surface area (Å²) in [6, 6.07) is 7.41. The molecule has 0 unspecified atom stereocenters. The predicted octanol–water partition coefficient (Wildman–Crippen LogP) is 0.949. The highest BCUT2D eigenvalue weighted by atomic mass is 32.2. The Kier molecular flexibility index (Phi) is 6.80. The molecule has 1 fully saturated rings. The number of nitrogens with one attached hydrogen (secondary N) is 1. The Morgan fingerprint density at radius 3 is 2.47 bits per heavy atom. The molecule has 10 heteroatoms. The van der Waals surface area contributed by atoms with Crippen molar-refractivity contribution in [1.82, 2.24) is 19.4 Å². The highest BCUT2D eigenvalue weighted by molar-refractivity contribution is 7.89. The standard InChI is InChI=1S/C20H24N4O5S/c1-3-15(14-21-2)20(26)19-18(25)8-9-24(22-19)16-4-6-17(7-5-16)30(27,28)23-10-12-29-13-11-23/h4-9,14,21H,3,10-13H2,1-2H3/b15-14+. The first-order valence-corrected chi connectivity index (χ1v) is 11.0. The van der Waals surface area contributed by atoms with Crippen molar-refractivity contribution >= 4 is 15.8 Å². The zero-order valence-electron chi connectivity index (χ0n) is 16.9. The Morgan fingerprint density at radius 2 is 1.87 bits per heavy atom. The second kappa shape index (κ2) is 9.33. The van der Waals surface area contributed by atoms with Crippen LogP contribution in [0.2, 0.25) is 0 Å². The maximum Gasteiger partial charge on any atom is 0.243 e. The summed E-state index contributed by atoms with van der Waals surface area (Å²) in [6.07, 6.45) is 3.44. The summed E-state index contributed by atoms with van der Waals surface area (Å²) in [6.45, 7) is 3.19. The van der Waals surface area contributed by atoms with Gasteiger partial charge in [0.1, 0.15) is 0 Å². The van der Waals surface area contributed by atoms with E-state index in [2.05, 4.69) is 10.4 Å². The third-order valence-electron chi connectivity index (χ3n) is 4.72. The van der Waals surface area contributed by atoms with Crippen LogP contribution in [0.1, 0.15) is 23.8 Å². The Hall–Kier alpha value is -2.82. The van der Waals surface area contributed by atoms with E-state index >= 15 is 0 Å². The van der Waals surface area contributed by atoms with Gasteiger partial charge in [0.2, 0.25) is 21.2 Å². The van der Waals surface area contributed by atoms with Crippen molar-refractivity contribution in [3.05, 3.63) is 64.2 Å². The van der Waals surface area contributed by atoms with Gasteiger partial charge in [-0.15, -0.1) is 0 Å². The third kappa shape index (κ3) is 4.50. The van der Waals surface area contributed by atoms with Crippen molar-refractivity contribution in [2.45, 2.75) is 18.2 Å². The van der Waals surface area contributed by atoms with Crippen LogP contribution in [-0.2, 0) is 14.8 Å². The van der Waals surface area contributed by atoms with E-state index in [0.717, 1.165) is 0 Å². The lowest BCUT2D eigenvalue weighted by Gasteiger charge is -2.26. The molecule has 3 rings (SSSR count). The number of ether oxygens (including phenoxy) is 1. The molecule has 0 radical (unpaired) electrons. The number of carbonyl (C=O) groups excluding carboxylic acids is 1. The quantitative estimate of drug-likeness (QED) is 0.512. The zero-order chi connectivity index (χ0) is 21.7. The Morgan fingerprint density at radius 1 is 1.20 bits per heavy atom. The van der Waals surface area contributed by atoms with E-state index in [4.69, 9.17) is 4.74 Å². The van der Waals surface area contributed by atoms with Crippen LogP contribution in [0.5, 0.6) is 0 Å². The molecule has 1 aromatic carbocycles. The van der Waals surface area contributed by atoms with Gasteiger partial charge in [0.15, 0.2) is 5.69 Å². The number of allylic oxidation sites excluding steroid dienone is 1. The summed E-state index contributed by atoms with van der Waals surface area (Å²) < 4.78 is 33.5. The Balaban J connectivity index is 1.91. The van der Waals surface area contributed by atoms with Gasteiger partial charge < -0.3 is 10.1 Å². The van der Waals surface area contributed by atoms with Crippen molar-refractivity contribution in [2.75, 3.05) is 33.4 Å². The number of benzene rings is 1. The van der Waals surface area contributed by atoms with E-state index in [1.165, 1.54) is 33.4 Å². The van der Waals surface area contributed by atoms with Gasteiger partial charge >= 0.3 is 0 Å². The number of ketones is 1. The van der Waals surface area contributed by atoms with Crippen molar-refractivity contribution in [2.24, 2.45) is 0 Å². The molecule has 1 N–H and O–H groups in total. The van der Waals surface area contributed by atoms with E-state index in [0.29, 0.717) is 44.0 Å². The normalized spacial score (nSPS) is 15.7. The predicted molar refractivity (Wildman–Crippen MR) is 111 cm³/mol. The zero-order valence-corrected chi connectivity index (χ0v) is 17.7. The van der Waals surface area contributed by atoms with Gasteiger partial charge in [-0.25, -0.2) is 13.1 Å². The van der Waals surface area contributed by atoms with Crippen LogP contribution in [0.15, 0.2) is 58.0 Å². The van der Waals surface area contributed by atoms with Gasteiger partial charge in [-0.1, -0.05) is 6.92 Å². The number of nitrogens with zero attached hydrogens (tertiary/aromatic N) is 3. The van der Waals surface area contributed by atoms with Crippen LogP contribution >= 0.6 is 0 Å². The van der Waals surface area contributed by atoms with Crippen molar-refractivity contribution in [3.63, 3.8) is 0 Å². The molecule has 1 aliphatic heterocycles. The molecule has 0 atom stereocenters. The maximum atomic E-state index is 12.7. The number of Topliss-reactive ketones (excluding diaryl/α,β-unsaturated/α-hetero) is 1. The van der Waals surface area contributed by atoms with Crippen LogP contribution in [0.4, 0.5) is 0 Å². The van der Waals surface area contributed by atoms with Crippen molar-refractivity contribution < 1.29 is 17.9 Å². The van der Waals surface area contributed by atoms with E-state index in [1.807, 2.05) is 6.92 Å². The lowest BCUT2D eigenvalue weighted by atomic mass is 10.1. The number of rotatable bonds is 7. The van der Waals surface area contributed by atoms with Gasteiger partial charge in [0.25, 0.3) is 0 Å². The van der Waals surface area contributed by atoms with Crippen molar-refractivity contribution in [3.8, 4) is 5.69 Å². The van der Waals surface area contributed by atoms with Gasteiger partial charge in [0.05, 0.1) is 23.8 Å². The molecule has 9 nitrogen and oxygen atoms in total. The van der Waals surface area contributed by atoms with Crippen molar-refractivity contribution in [1.29, 1.82) is 0 Å². The molecule has 1 aromatic heterocycles. The molecular weight excluding hydrogens is 408 g/mol. The number of sulfonamides is 1. The molecule has 0 amide bonds. The first-order valence-electron chi connectivity index (χ1n) is 9.57. The summed E-state index contributed by atoms with van der Waals surface area (Å²) >= 11 is 0. The molecule has 0 saturated carbocycles. The Bertz CT molecular complexity index is 1100. The summed E-state index contributed by atoms with van der Waals surface area (Å²) in [5.74, 6) is -0.447. The summed E-state index contributed by atoms with van der Waals surface area (Å²) in [5, 5.41) is 6.98. The maximum absolute atomic E-state index is 12.7. The number of aromatic nitrogens is 2. The minimum atomic E-state index is -3.61. The number of hydrogen-bond acceptors (Lipinski definition) is 7. The van der Waals surface area contributed by atoms with Crippen LogP contribution in [0.25, 0.3) is 5.69 Å².